The van der Waals surface area contributed by atoms with Crippen LogP contribution in [0.25, 0.3) is 0 Å². The van der Waals surface area contributed by atoms with Crippen molar-refractivity contribution in [1.82, 2.24) is 4.90 Å². The zero-order valence-electron chi connectivity index (χ0n) is 9.69. The molecule has 2 rings (SSSR count). The number of furan rings is 1. The second-order valence-electron chi connectivity index (χ2n) is 4.20. The van der Waals surface area contributed by atoms with Gasteiger partial charge in [0.25, 0.3) is 0 Å². The monoisotopic (exact) mass is 294 g/mol. The lowest BCUT2D eigenvalue weighted by molar-refractivity contribution is 0.318. The second kappa shape index (κ2) is 5.38. The van der Waals surface area contributed by atoms with Gasteiger partial charge in [0.1, 0.15) is 0 Å². The first kappa shape index (κ1) is 12.2. The molecule has 3 nitrogen and oxygen atoms in total. The van der Waals surface area contributed by atoms with Crippen LogP contribution in [0.3, 0.4) is 0 Å². The number of nitrogens with two attached hydrogens (primary N) is 1. The van der Waals surface area contributed by atoms with E-state index in [-0.39, 0.29) is 0 Å². The molecule has 0 radical (unpaired) electrons. The van der Waals surface area contributed by atoms with Crippen LogP contribution in [-0.2, 0) is 13.1 Å². The summed E-state index contributed by atoms with van der Waals surface area (Å²) in [6, 6.07) is 7.96. The van der Waals surface area contributed by atoms with Gasteiger partial charge in [-0.1, -0.05) is 15.9 Å². The fraction of sp³-hybridized carbons (Fsp3) is 0.231. The largest absolute Gasteiger partial charge is 0.472 e. The molecule has 0 fully saturated rings. The van der Waals surface area contributed by atoms with Crippen LogP contribution in [-0.4, -0.2) is 11.9 Å². The average molecular weight is 295 g/mol. The number of hydrogen-bond acceptors (Lipinski definition) is 3. The zero-order chi connectivity index (χ0) is 12.3. The number of anilines is 1. The predicted octanol–water partition coefficient (Wildman–Crippen LogP) is 3.26. The lowest BCUT2D eigenvalue weighted by Crippen LogP contribution is -2.16. The number of hydrogen-bond donors (Lipinski definition) is 1. The van der Waals surface area contributed by atoms with Crippen LogP contribution in [0.2, 0.25) is 0 Å². The normalized spacial score (nSPS) is 11.0. The first-order valence-electron chi connectivity index (χ1n) is 5.38. The van der Waals surface area contributed by atoms with Crippen LogP contribution in [0.1, 0.15) is 11.1 Å². The highest BCUT2D eigenvalue weighted by Gasteiger charge is 2.04. The van der Waals surface area contributed by atoms with E-state index < -0.39 is 0 Å². The van der Waals surface area contributed by atoms with Crippen LogP contribution in [0.4, 0.5) is 5.69 Å². The highest BCUT2D eigenvalue weighted by molar-refractivity contribution is 9.10. The van der Waals surface area contributed by atoms with Crippen LogP contribution in [0.5, 0.6) is 0 Å². The van der Waals surface area contributed by atoms with Gasteiger partial charge >= 0.3 is 0 Å². The van der Waals surface area contributed by atoms with Gasteiger partial charge in [0, 0.05) is 28.8 Å². The molecule has 0 aliphatic heterocycles. The summed E-state index contributed by atoms with van der Waals surface area (Å²) in [7, 11) is 2.07. The Morgan fingerprint density at radius 3 is 2.65 bits per heavy atom. The summed E-state index contributed by atoms with van der Waals surface area (Å²) in [5.41, 5.74) is 8.96. The van der Waals surface area contributed by atoms with E-state index in [1.165, 1.54) is 11.1 Å². The van der Waals surface area contributed by atoms with E-state index in [1.807, 2.05) is 18.2 Å². The molecule has 2 aromatic rings. The van der Waals surface area contributed by atoms with Crippen molar-refractivity contribution < 1.29 is 4.42 Å². The van der Waals surface area contributed by atoms with Crippen molar-refractivity contribution in [3.63, 3.8) is 0 Å². The molecule has 0 aliphatic carbocycles. The molecule has 0 saturated carbocycles. The van der Waals surface area contributed by atoms with Crippen LogP contribution < -0.4 is 5.73 Å². The summed E-state index contributed by atoms with van der Waals surface area (Å²) in [4.78, 5) is 2.21. The predicted molar refractivity (Wildman–Crippen MR) is 72.4 cm³/mol. The maximum Gasteiger partial charge on any atom is 0.0947 e. The van der Waals surface area contributed by atoms with E-state index in [0.29, 0.717) is 0 Å². The topological polar surface area (TPSA) is 42.4 Å². The van der Waals surface area contributed by atoms with Crippen molar-refractivity contribution in [1.29, 1.82) is 0 Å². The minimum Gasteiger partial charge on any atom is -0.472 e. The molecule has 1 aromatic carbocycles. The van der Waals surface area contributed by atoms with Gasteiger partial charge in [0.2, 0.25) is 0 Å². The third kappa shape index (κ3) is 3.61. The molecule has 4 heteroatoms. The number of benzene rings is 1. The van der Waals surface area contributed by atoms with Gasteiger partial charge in [-0.15, -0.1) is 0 Å². The van der Waals surface area contributed by atoms with Crippen molar-refractivity contribution in [2.45, 2.75) is 13.1 Å². The van der Waals surface area contributed by atoms with Gasteiger partial charge in [-0.3, -0.25) is 4.90 Å². The molecule has 90 valence electrons. The summed E-state index contributed by atoms with van der Waals surface area (Å²) >= 11 is 3.45. The lowest BCUT2D eigenvalue weighted by Gasteiger charge is -2.16. The Hall–Kier alpha value is -1.26. The Bertz CT molecular complexity index is 462. The molecule has 0 saturated heterocycles. The molecular weight excluding hydrogens is 280 g/mol. The maximum absolute atomic E-state index is 5.81. The molecule has 0 aliphatic rings. The number of halogens is 1. The minimum absolute atomic E-state index is 0.783. The van der Waals surface area contributed by atoms with Gasteiger partial charge in [-0.05, 0) is 36.9 Å². The summed E-state index contributed by atoms with van der Waals surface area (Å²) in [6.07, 6.45) is 3.46. The highest BCUT2D eigenvalue weighted by Crippen LogP contribution is 2.18. The zero-order valence-corrected chi connectivity index (χ0v) is 11.3. The number of nitrogens with zero attached hydrogens (tertiary/aromatic N) is 1. The third-order valence-electron chi connectivity index (χ3n) is 2.46. The van der Waals surface area contributed by atoms with Gasteiger partial charge in [-0.2, -0.15) is 0 Å². The van der Waals surface area contributed by atoms with Crippen molar-refractivity contribution in [3.05, 3.63) is 52.4 Å². The van der Waals surface area contributed by atoms with Crippen LogP contribution in [0.15, 0.2) is 45.7 Å². The molecule has 0 amide bonds. The Morgan fingerprint density at radius 2 is 2.00 bits per heavy atom. The van der Waals surface area contributed by atoms with Crippen molar-refractivity contribution in [2.24, 2.45) is 0 Å². The third-order valence-corrected chi connectivity index (χ3v) is 2.92. The van der Waals surface area contributed by atoms with Crippen LogP contribution in [0, 0.1) is 0 Å². The second-order valence-corrected chi connectivity index (χ2v) is 5.11. The fourth-order valence-corrected chi connectivity index (χ4v) is 2.39. The van der Waals surface area contributed by atoms with E-state index in [4.69, 9.17) is 10.2 Å². The smallest absolute Gasteiger partial charge is 0.0947 e. The van der Waals surface area contributed by atoms with E-state index in [0.717, 1.165) is 23.2 Å². The van der Waals surface area contributed by atoms with Crippen molar-refractivity contribution in [2.75, 3.05) is 12.8 Å². The Labute approximate surface area is 109 Å². The molecule has 0 spiro atoms. The molecular formula is C13H15BrN2O. The number of nitrogen functional groups attached to an aromatic ring is 1. The summed E-state index contributed by atoms with van der Waals surface area (Å²) in [6.45, 7) is 1.72. The SMILES string of the molecule is CN(Cc1ccoc1)Cc1cc(N)cc(Br)c1. The summed E-state index contributed by atoms with van der Waals surface area (Å²) in [5, 5.41) is 0. The number of rotatable bonds is 4. The highest BCUT2D eigenvalue weighted by atomic mass is 79.9. The van der Waals surface area contributed by atoms with E-state index in [1.54, 1.807) is 12.5 Å². The van der Waals surface area contributed by atoms with Gasteiger partial charge < -0.3 is 10.2 Å². The molecule has 1 heterocycles. The molecule has 0 atom stereocenters. The fourth-order valence-electron chi connectivity index (χ4n) is 1.83. The average Bonchev–Trinajstić information content (AvgIpc) is 2.67. The molecule has 1 aromatic heterocycles. The Kier molecular flexibility index (Phi) is 3.86. The summed E-state index contributed by atoms with van der Waals surface area (Å²) in [5.74, 6) is 0. The minimum atomic E-state index is 0.783. The van der Waals surface area contributed by atoms with Crippen molar-refractivity contribution in [3.8, 4) is 0 Å². The maximum atomic E-state index is 5.81. The summed E-state index contributed by atoms with van der Waals surface area (Å²) < 4.78 is 6.07. The molecule has 17 heavy (non-hydrogen) atoms. The van der Waals surface area contributed by atoms with Gasteiger partial charge in [-0.25, -0.2) is 0 Å². The van der Waals surface area contributed by atoms with Crippen LogP contribution >= 0.6 is 15.9 Å². The molecule has 0 bridgehead atoms. The Morgan fingerprint density at radius 1 is 1.24 bits per heavy atom. The standard InChI is InChI=1S/C13H15BrN2O/c1-16(7-10-2-3-17-9-10)8-11-4-12(14)6-13(15)5-11/h2-6,9H,7-8,15H2,1H3. The first-order chi connectivity index (χ1) is 8.13. The first-order valence-corrected chi connectivity index (χ1v) is 6.17. The molecule has 0 unspecified atom stereocenters. The van der Waals surface area contributed by atoms with Gasteiger partial charge in [0.05, 0.1) is 12.5 Å². The Balaban J connectivity index is 2.00. The van der Waals surface area contributed by atoms with E-state index in [9.17, 15) is 0 Å². The van der Waals surface area contributed by atoms with Crippen molar-refractivity contribution >= 4 is 21.6 Å². The lowest BCUT2D eigenvalue weighted by atomic mass is 10.2. The molecule has 2 N–H and O–H groups in total. The van der Waals surface area contributed by atoms with E-state index in [2.05, 4.69) is 33.9 Å². The van der Waals surface area contributed by atoms with E-state index >= 15 is 0 Å². The quantitative estimate of drug-likeness (QED) is 0.880. The van der Waals surface area contributed by atoms with Gasteiger partial charge in [0.15, 0.2) is 0 Å².